The Balaban J connectivity index is 1.54. The van der Waals surface area contributed by atoms with Gasteiger partial charge >= 0.3 is 5.97 Å². The Hall–Kier alpha value is -5.30. The number of hydrogen-bond donors (Lipinski definition) is 4. The Bertz CT molecular complexity index is 1920. The van der Waals surface area contributed by atoms with Crippen molar-refractivity contribution in [3.63, 3.8) is 0 Å². The van der Waals surface area contributed by atoms with Gasteiger partial charge in [-0.05, 0) is 53.4 Å². The van der Waals surface area contributed by atoms with Crippen molar-refractivity contribution in [3.8, 4) is 28.2 Å². The van der Waals surface area contributed by atoms with Gasteiger partial charge in [0, 0.05) is 39.3 Å². The molecule has 3 aliphatic rings. The van der Waals surface area contributed by atoms with Gasteiger partial charge in [0.2, 0.25) is 0 Å². The van der Waals surface area contributed by atoms with Gasteiger partial charge in [0.25, 0.3) is 0 Å². The molecule has 0 atom stereocenters. The topological polar surface area (TPSA) is 112 Å². The molecule has 0 spiro atoms. The highest BCUT2D eigenvalue weighted by Crippen LogP contribution is 2.47. The monoisotopic (exact) mass is 500 g/mol. The summed E-state index contributed by atoms with van der Waals surface area (Å²) in [6.45, 7) is 0. The molecule has 4 aromatic rings. The van der Waals surface area contributed by atoms with E-state index < -0.39 is 12.1 Å². The summed E-state index contributed by atoms with van der Waals surface area (Å²) in [6.07, 6.45) is -0.571. The fourth-order valence-corrected chi connectivity index (χ4v) is 5.47. The second kappa shape index (κ2) is 8.11. The van der Waals surface area contributed by atoms with Gasteiger partial charge < -0.3 is 25.3 Å². The number of carboxylic acids is 1. The predicted molar refractivity (Wildman–Crippen MR) is 147 cm³/mol. The van der Waals surface area contributed by atoms with E-state index in [1.54, 1.807) is 42.5 Å². The van der Waals surface area contributed by atoms with Gasteiger partial charge in [-0.15, -0.1) is 0 Å². The molecule has 184 valence electrons. The summed E-state index contributed by atoms with van der Waals surface area (Å²) < 4.78 is 6.33. The second-order valence-electron chi connectivity index (χ2n) is 9.29. The van der Waals surface area contributed by atoms with Gasteiger partial charge in [-0.25, -0.2) is 4.79 Å². The minimum absolute atomic E-state index is 0.00657. The summed E-state index contributed by atoms with van der Waals surface area (Å²) in [5.74, 6) is -0.777. The number of carboxylic acid groups (broad SMARTS) is 1. The molecule has 0 unspecified atom stereocenters. The number of carbonyl (C=O) groups is 1. The molecule has 0 fully saturated rings. The van der Waals surface area contributed by atoms with E-state index in [9.17, 15) is 19.8 Å². The lowest BCUT2D eigenvalue weighted by molar-refractivity contribution is 0.0697. The number of anilines is 2. The zero-order chi connectivity index (χ0) is 26.0. The van der Waals surface area contributed by atoms with Crippen LogP contribution in [0, 0.1) is 0 Å². The van der Waals surface area contributed by atoms with Gasteiger partial charge in [-0.3, -0.25) is 4.79 Å². The molecule has 7 nitrogen and oxygen atoms in total. The van der Waals surface area contributed by atoms with Crippen LogP contribution in [0.5, 0.6) is 5.75 Å². The van der Waals surface area contributed by atoms with E-state index in [0.29, 0.717) is 39.0 Å². The molecule has 1 aliphatic carbocycles. The fraction of sp³-hybridized carbons (Fsp3) is 0.0323. The molecule has 0 aromatic heterocycles. The van der Waals surface area contributed by atoms with Crippen LogP contribution in [0.25, 0.3) is 44.2 Å². The normalized spacial score (nSPS) is 12.9. The van der Waals surface area contributed by atoms with Gasteiger partial charge in [-0.2, -0.15) is 0 Å². The summed E-state index contributed by atoms with van der Waals surface area (Å²) in [7, 11) is 0. The van der Waals surface area contributed by atoms with Crippen LogP contribution in [-0.2, 0) is 0 Å². The highest BCUT2D eigenvalue weighted by molar-refractivity contribution is 6.09. The average Bonchev–Trinajstić information content (AvgIpc) is 2.92. The first-order chi connectivity index (χ1) is 18.5. The number of benzene rings is 5. The second-order valence-corrected chi connectivity index (χ2v) is 9.29. The highest BCUT2D eigenvalue weighted by atomic mass is 16.4. The lowest BCUT2D eigenvalue weighted by atomic mass is 9.89. The third-order valence-corrected chi connectivity index (χ3v) is 7.10. The van der Waals surface area contributed by atoms with E-state index in [2.05, 4.69) is 10.6 Å². The van der Waals surface area contributed by atoms with Crippen LogP contribution in [0.15, 0.2) is 100 Å². The first-order valence-electron chi connectivity index (χ1n) is 12.1. The van der Waals surface area contributed by atoms with E-state index in [4.69, 9.17) is 4.42 Å². The summed E-state index contributed by atoms with van der Waals surface area (Å²) >= 11 is 0. The van der Waals surface area contributed by atoms with Gasteiger partial charge in [-0.1, -0.05) is 42.5 Å². The highest BCUT2D eigenvalue weighted by Gasteiger charge is 2.29. The van der Waals surface area contributed by atoms with E-state index >= 15 is 0 Å². The van der Waals surface area contributed by atoms with Crippen LogP contribution >= 0.6 is 0 Å². The van der Waals surface area contributed by atoms with Crippen molar-refractivity contribution in [1.82, 2.24) is 0 Å². The van der Waals surface area contributed by atoms with Crippen molar-refractivity contribution in [1.29, 1.82) is 0 Å². The molecule has 0 radical (unpaired) electrons. The molecule has 7 heteroatoms. The number of fused-ring (bicyclic) bond motifs is 2. The van der Waals surface area contributed by atoms with Gasteiger partial charge in [0.15, 0.2) is 5.43 Å². The van der Waals surface area contributed by atoms with Crippen molar-refractivity contribution >= 4 is 39.1 Å². The summed E-state index contributed by atoms with van der Waals surface area (Å²) in [5, 5.41) is 30.8. The van der Waals surface area contributed by atoms with Crippen LogP contribution in [0.4, 0.5) is 11.4 Å². The molecule has 4 aromatic carbocycles. The summed E-state index contributed by atoms with van der Waals surface area (Å²) in [4.78, 5) is 24.5. The number of phenolic OH excluding ortho intramolecular Hbond substituents is 1. The summed E-state index contributed by atoms with van der Waals surface area (Å²) in [5.41, 5.74) is 4.17. The molecule has 0 saturated carbocycles. The molecule has 2 aliphatic heterocycles. The molecule has 4 N–H and O–H groups in total. The Labute approximate surface area is 215 Å². The van der Waals surface area contributed by atoms with Crippen LogP contribution in [0.2, 0.25) is 0 Å². The van der Waals surface area contributed by atoms with Crippen molar-refractivity contribution in [2.24, 2.45) is 0 Å². The molecule has 7 rings (SSSR count). The quantitative estimate of drug-likeness (QED) is 0.201. The smallest absolute Gasteiger partial charge is 0.336 e. The zero-order valence-corrected chi connectivity index (χ0v) is 19.9. The van der Waals surface area contributed by atoms with Gasteiger partial charge in [0.05, 0.1) is 11.1 Å². The Morgan fingerprint density at radius 3 is 2.29 bits per heavy atom. The van der Waals surface area contributed by atoms with Crippen LogP contribution < -0.4 is 16.1 Å². The number of nitrogens with one attached hydrogen (secondary N) is 2. The molecule has 0 amide bonds. The van der Waals surface area contributed by atoms with Crippen molar-refractivity contribution in [3.05, 3.63) is 112 Å². The largest absolute Gasteiger partial charge is 0.507 e. The van der Waals surface area contributed by atoms with Crippen LogP contribution in [-0.4, -0.2) is 16.2 Å². The van der Waals surface area contributed by atoms with Crippen LogP contribution in [0.3, 0.4) is 0 Å². The number of phenols is 1. The maximum atomic E-state index is 12.3. The predicted octanol–water partition coefficient (Wildman–Crippen LogP) is 6.66. The number of rotatable bonds is 3. The SMILES string of the molecule is O=C(O)c1ccccc1-c1c2ccc(=O)cc-2oc2c(C3Nc4cccc5cccc(c45)N3)c(O)ccc12. The third-order valence-electron chi connectivity index (χ3n) is 7.10. The average molecular weight is 501 g/mol. The van der Waals surface area contributed by atoms with Gasteiger partial charge in [0.1, 0.15) is 23.3 Å². The first-order valence-corrected chi connectivity index (χ1v) is 12.1. The van der Waals surface area contributed by atoms with E-state index in [-0.39, 0.29) is 16.7 Å². The molecule has 0 bridgehead atoms. The number of aromatic carboxylic acids is 1. The Kier molecular flexibility index (Phi) is 4.68. The minimum Gasteiger partial charge on any atom is -0.507 e. The lowest BCUT2D eigenvalue weighted by Gasteiger charge is -2.31. The number of hydrogen-bond acceptors (Lipinski definition) is 6. The van der Waals surface area contributed by atoms with Crippen LogP contribution in [0.1, 0.15) is 22.1 Å². The molecule has 0 saturated heterocycles. The molecular formula is C31H20N2O5. The Morgan fingerprint density at radius 1 is 0.816 bits per heavy atom. The fourth-order valence-electron chi connectivity index (χ4n) is 5.47. The zero-order valence-electron chi connectivity index (χ0n) is 19.9. The van der Waals surface area contributed by atoms with Crippen molar-refractivity contribution in [2.45, 2.75) is 6.17 Å². The molecule has 2 heterocycles. The maximum absolute atomic E-state index is 12.3. The summed E-state index contributed by atoms with van der Waals surface area (Å²) in [6, 6.07) is 26.5. The van der Waals surface area contributed by atoms with Crippen molar-refractivity contribution in [2.75, 3.05) is 10.6 Å². The molecular weight excluding hydrogens is 480 g/mol. The lowest BCUT2D eigenvalue weighted by Crippen LogP contribution is -2.24. The third kappa shape index (κ3) is 3.22. The standard InChI is InChI=1S/C31H20N2O5/c34-17-11-12-20-25(15-17)38-29-21(27(20)18-7-1-2-8-19(18)31(36)37)13-14-24(35)28(29)30-32-22-9-3-5-16-6-4-10-23(33-30)26(16)22/h1-15,30,32-33,35H,(H,36,37). The Morgan fingerprint density at radius 2 is 1.55 bits per heavy atom. The first kappa shape index (κ1) is 21.9. The van der Waals surface area contributed by atoms with E-state index in [1.165, 1.54) is 12.1 Å². The minimum atomic E-state index is -1.07. The maximum Gasteiger partial charge on any atom is 0.336 e. The van der Waals surface area contributed by atoms with Crippen molar-refractivity contribution < 1.29 is 19.4 Å². The molecule has 38 heavy (non-hydrogen) atoms. The number of aromatic hydroxyl groups is 1. The van der Waals surface area contributed by atoms with E-state index in [0.717, 1.165) is 22.1 Å². The van der Waals surface area contributed by atoms with E-state index in [1.807, 2.05) is 36.4 Å².